The number of Topliss-reactive ketones (excluding diaryl/α,β-unsaturated/α-hetero) is 2. The molecule has 0 fully saturated rings. The summed E-state index contributed by atoms with van der Waals surface area (Å²) >= 11 is 0. The van der Waals surface area contributed by atoms with E-state index in [0.717, 1.165) is 16.7 Å². The van der Waals surface area contributed by atoms with Gasteiger partial charge in [-0.3, -0.25) is 9.59 Å². The minimum Gasteiger partial charge on any atom is -0.508 e. The molecule has 6 nitrogen and oxygen atoms in total. The molecule has 3 aromatic carbocycles. The minimum atomic E-state index is -1.05. The van der Waals surface area contributed by atoms with E-state index in [4.69, 9.17) is 0 Å². The number of benzene rings is 3. The number of hydrogen-bond acceptors (Lipinski definition) is 4. The van der Waals surface area contributed by atoms with Crippen LogP contribution >= 0.6 is 0 Å². The molecular weight excluding hydrogens is 500 g/mol. The first-order chi connectivity index (χ1) is 18.9. The predicted molar refractivity (Wildman–Crippen MR) is 154 cm³/mol. The molecule has 0 bridgehead atoms. The van der Waals surface area contributed by atoms with Crippen LogP contribution in [0.4, 0.5) is 0 Å². The zero-order chi connectivity index (χ0) is 28.9. The summed E-state index contributed by atoms with van der Waals surface area (Å²) in [6.07, 6.45) is 6.50. The smallest absolute Gasteiger partial charge is 0.351 e. The van der Waals surface area contributed by atoms with Crippen molar-refractivity contribution in [1.29, 1.82) is 0 Å². The number of rotatable bonds is 5. The number of allylic oxidation sites excluding steroid dienone is 4. The van der Waals surface area contributed by atoms with Crippen molar-refractivity contribution < 1.29 is 24.6 Å². The lowest BCUT2D eigenvalue weighted by atomic mass is 9.50. The van der Waals surface area contributed by atoms with E-state index >= 15 is 0 Å². The summed E-state index contributed by atoms with van der Waals surface area (Å²) < 4.78 is 0. The summed E-state index contributed by atoms with van der Waals surface area (Å²) in [5.74, 6) is -1.46. The van der Waals surface area contributed by atoms with Crippen LogP contribution in [-0.4, -0.2) is 32.3 Å². The largest absolute Gasteiger partial charge is 0.508 e. The monoisotopic (exact) mass is 532 g/mol. The Balaban J connectivity index is 1.69. The second-order valence-corrected chi connectivity index (χ2v) is 11.7. The molecule has 0 spiro atoms. The van der Waals surface area contributed by atoms with E-state index in [1.165, 1.54) is 0 Å². The van der Waals surface area contributed by atoms with E-state index in [0.29, 0.717) is 12.0 Å². The third kappa shape index (κ3) is 4.04. The topological polar surface area (TPSA) is 111 Å². The first-order valence-corrected chi connectivity index (χ1v) is 13.3. The third-order valence-corrected chi connectivity index (χ3v) is 9.11. The van der Waals surface area contributed by atoms with E-state index in [1.807, 2.05) is 50.3 Å². The first-order valence-electron chi connectivity index (χ1n) is 13.3. The minimum absolute atomic E-state index is 0.126. The second-order valence-electron chi connectivity index (χ2n) is 11.7. The Hall–Kier alpha value is -4.54. The molecule has 3 aromatic rings. The molecule has 2 aliphatic rings. The van der Waals surface area contributed by atoms with Crippen molar-refractivity contribution in [2.45, 2.75) is 44.9 Å². The molecule has 0 radical (unpaired) electrons. The van der Waals surface area contributed by atoms with Gasteiger partial charge < -0.3 is 15.7 Å². The standard InChI is InChI=1S/C34H32N2O4/c1-32(2,21-9-13-24(37)14-10-21)22-17-19-34(20-18-22,33(3,4)23-11-15-25(38)16-12-23)28-29(36-35)31(40)27-8-6-5-7-26(27)30(28)39/h5-19,28,37-38H,20H2,1-4H3. The highest BCUT2D eigenvalue weighted by atomic mass is 16.3. The fourth-order valence-electron chi connectivity index (χ4n) is 6.37. The molecule has 2 aliphatic carbocycles. The molecule has 6 heteroatoms. The Morgan fingerprint density at radius 2 is 1.38 bits per heavy atom. The molecule has 0 amide bonds. The molecule has 0 saturated carbocycles. The van der Waals surface area contributed by atoms with Crippen LogP contribution in [0.5, 0.6) is 11.5 Å². The van der Waals surface area contributed by atoms with Crippen molar-refractivity contribution in [3.63, 3.8) is 0 Å². The Morgan fingerprint density at radius 1 is 0.825 bits per heavy atom. The fraction of sp³-hybridized carbons (Fsp3) is 0.265. The lowest BCUT2D eigenvalue weighted by molar-refractivity contribution is -0.0214. The second kappa shape index (κ2) is 9.58. The summed E-state index contributed by atoms with van der Waals surface area (Å²) in [5, 5.41) is 19.8. The maximum atomic E-state index is 14.2. The van der Waals surface area contributed by atoms with Crippen molar-refractivity contribution in [2.24, 2.45) is 11.3 Å². The van der Waals surface area contributed by atoms with Crippen LogP contribution < -0.4 is 0 Å². The molecule has 2 atom stereocenters. The number of carbonyl (C=O) groups excluding carboxylic acids is 2. The van der Waals surface area contributed by atoms with Gasteiger partial charge >= 0.3 is 5.71 Å². The van der Waals surface area contributed by atoms with Gasteiger partial charge in [0, 0.05) is 27.4 Å². The molecule has 2 unspecified atom stereocenters. The van der Waals surface area contributed by atoms with Crippen LogP contribution in [0.3, 0.4) is 0 Å². The van der Waals surface area contributed by atoms with Gasteiger partial charge in [0.25, 0.3) is 5.78 Å². The predicted octanol–water partition coefficient (Wildman–Crippen LogP) is 6.59. The summed E-state index contributed by atoms with van der Waals surface area (Å²) in [6.45, 7) is 8.22. The molecule has 0 aliphatic heterocycles. The maximum absolute atomic E-state index is 14.2. The van der Waals surface area contributed by atoms with Crippen LogP contribution in [0.1, 0.15) is 66.0 Å². The van der Waals surface area contributed by atoms with Gasteiger partial charge in [0.15, 0.2) is 5.78 Å². The van der Waals surface area contributed by atoms with Gasteiger partial charge in [-0.2, -0.15) is 4.79 Å². The highest BCUT2D eigenvalue weighted by Gasteiger charge is 2.60. The average Bonchev–Trinajstić information content (AvgIpc) is 2.95. The molecule has 202 valence electrons. The number of ketones is 2. The number of aromatic hydroxyl groups is 2. The molecule has 0 saturated heterocycles. The van der Waals surface area contributed by atoms with Crippen LogP contribution in [0.15, 0.2) is 96.6 Å². The molecular formula is C34H32N2O4. The maximum Gasteiger partial charge on any atom is 0.351 e. The van der Waals surface area contributed by atoms with Crippen molar-refractivity contribution in [2.75, 3.05) is 0 Å². The number of phenolic OH excluding ortho intramolecular Hbond substituents is 2. The number of fused-ring (bicyclic) bond motifs is 1. The van der Waals surface area contributed by atoms with Gasteiger partial charge in [0.1, 0.15) is 17.4 Å². The van der Waals surface area contributed by atoms with Crippen molar-refractivity contribution >= 4 is 17.3 Å². The molecule has 2 N–H and O–H groups in total. The van der Waals surface area contributed by atoms with Gasteiger partial charge in [-0.05, 0) is 47.4 Å². The molecule has 5 rings (SSSR count). The van der Waals surface area contributed by atoms with E-state index in [9.17, 15) is 25.3 Å². The quantitative estimate of drug-likeness (QED) is 0.285. The Labute approximate surface area is 233 Å². The van der Waals surface area contributed by atoms with E-state index in [1.54, 1.807) is 48.5 Å². The highest BCUT2D eigenvalue weighted by Crippen LogP contribution is 2.56. The normalized spacial score (nSPS) is 21.1. The summed E-state index contributed by atoms with van der Waals surface area (Å²) in [6, 6.07) is 20.6. The van der Waals surface area contributed by atoms with E-state index < -0.39 is 27.9 Å². The zero-order valence-corrected chi connectivity index (χ0v) is 23.1. The zero-order valence-electron chi connectivity index (χ0n) is 23.1. The first kappa shape index (κ1) is 27.0. The number of phenols is 2. The Morgan fingerprint density at radius 3 is 1.90 bits per heavy atom. The Kier molecular flexibility index (Phi) is 6.48. The average molecular weight is 533 g/mol. The van der Waals surface area contributed by atoms with Crippen LogP contribution in [0, 0.1) is 11.3 Å². The number of nitrogens with zero attached hydrogens (tertiary/aromatic N) is 2. The van der Waals surface area contributed by atoms with E-state index in [2.05, 4.69) is 24.7 Å². The summed E-state index contributed by atoms with van der Waals surface area (Å²) in [5.41, 5.74) is 11.3. The van der Waals surface area contributed by atoms with Crippen LogP contribution in [0.2, 0.25) is 0 Å². The van der Waals surface area contributed by atoms with Gasteiger partial charge in [-0.15, -0.1) is 0 Å². The number of hydrogen-bond donors (Lipinski definition) is 2. The van der Waals surface area contributed by atoms with E-state index in [-0.39, 0.29) is 28.6 Å². The fourth-order valence-corrected chi connectivity index (χ4v) is 6.37. The lowest BCUT2D eigenvalue weighted by Gasteiger charge is -2.50. The third-order valence-electron chi connectivity index (χ3n) is 9.11. The SMILES string of the molecule is CC(C)(C1=CCC(C2C(=O)c3ccccc3C(=O)C2=[N+]=[N-])(C(C)(C)c2ccc(O)cc2)C=C1)c1ccc(O)cc1. The van der Waals surface area contributed by atoms with Crippen LogP contribution in [0.25, 0.3) is 5.53 Å². The van der Waals surface area contributed by atoms with Crippen molar-refractivity contribution in [3.8, 4) is 11.5 Å². The van der Waals surface area contributed by atoms with Gasteiger partial charge in [-0.1, -0.05) is 94.5 Å². The molecule has 0 aromatic heterocycles. The van der Waals surface area contributed by atoms with Gasteiger partial charge in [-0.25, -0.2) is 0 Å². The summed E-state index contributed by atoms with van der Waals surface area (Å²) in [4.78, 5) is 31.3. The lowest BCUT2D eigenvalue weighted by Crippen LogP contribution is -2.55. The highest BCUT2D eigenvalue weighted by molar-refractivity contribution is 6.52. The molecule has 0 heterocycles. The van der Waals surface area contributed by atoms with Crippen LogP contribution in [-0.2, 0) is 10.8 Å². The molecule has 40 heavy (non-hydrogen) atoms. The Bertz CT molecular complexity index is 1620. The number of carbonyl (C=O) groups is 2. The van der Waals surface area contributed by atoms with Crippen molar-refractivity contribution in [3.05, 3.63) is 124 Å². The van der Waals surface area contributed by atoms with Crippen molar-refractivity contribution in [1.82, 2.24) is 0 Å². The van der Waals surface area contributed by atoms with Gasteiger partial charge in [0.2, 0.25) is 0 Å². The van der Waals surface area contributed by atoms with Gasteiger partial charge in [0.05, 0.1) is 0 Å². The summed E-state index contributed by atoms with van der Waals surface area (Å²) in [7, 11) is 0.